The summed E-state index contributed by atoms with van der Waals surface area (Å²) in [5.41, 5.74) is 0.584. The molecule has 3 rings (SSSR count). The molecule has 1 aliphatic rings. The second-order valence-corrected chi connectivity index (χ2v) is 5.10. The lowest BCUT2D eigenvalue weighted by Gasteiger charge is -2.11. The van der Waals surface area contributed by atoms with Crippen LogP contribution in [0.15, 0.2) is 30.3 Å². The van der Waals surface area contributed by atoms with Gasteiger partial charge in [0.05, 0.1) is 11.6 Å². The molecule has 22 heavy (non-hydrogen) atoms. The van der Waals surface area contributed by atoms with Crippen molar-refractivity contribution in [2.75, 3.05) is 0 Å². The van der Waals surface area contributed by atoms with E-state index in [0.717, 1.165) is 12.1 Å². The smallest absolute Gasteiger partial charge is 0.256 e. The van der Waals surface area contributed by atoms with Crippen LogP contribution in [-0.4, -0.2) is 5.92 Å². The summed E-state index contributed by atoms with van der Waals surface area (Å²) < 4.78 is 58.9. The van der Waals surface area contributed by atoms with Gasteiger partial charge in [0.25, 0.3) is 5.92 Å². The third-order valence-electron chi connectivity index (χ3n) is 3.44. The van der Waals surface area contributed by atoms with Crippen LogP contribution in [0.25, 0.3) is 0 Å². The molecular weight excluding hydrogens is 298 g/mol. The van der Waals surface area contributed by atoms with Crippen molar-refractivity contribution in [3.05, 3.63) is 58.7 Å². The molecule has 0 spiro atoms. The van der Waals surface area contributed by atoms with Gasteiger partial charge in [-0.15, -0.1) is 0 Å². The van der Waals surface area contributed by atoms with E-state index in [1.54, 1.807) is 0 Å². The van der Waals surface area contributed by atoms with Gasteiger partial charge in [0.15, 0.2) is 0 Å². The summed E-state index contributed by atoms with van der Waals surface area (Å²) in [6.07, 6.45) is -1.11. The largest absolute Gasteiger partial charge is 0.457 e. The van der Waals surface area contributed by atoms with Gasteiger partial charge in [-0.05, 0) is 17.7 Å². The van der Waals surface area contributed by atoms with Crippen molar-refractivity contribution in [1.29, 1.82) is 5.26 Å². The number of hydrogen-bond acceptors (Lipinski definition) is 2. The Morgan fingerprint density at radius 2 is 1.64 bits per heavy atom. The van der Waals surface area contributed by atoms with Crippen molar-refractivity contribution in [3.63, 3.8) is 0 Å². The Bertz CT molecular complexity index is 775. The number of fused-ring (bicyclic) bond motifs is 1. The molecule has 6 heteroatoms. The maximum atomic E-state index is 13.6. The molecule has 0 atom stereocenters. The highest BCUT2D eigenvalue weighted by atomic mass is 19.3. The second kappa shape index (κ2) is 5.02. The van der Waals surface area contributed by atoms with E-state index in [9.17, 15) is 17.6 Å². The molecule has 0 amide bonds. The maximum absolute atomic E-state index is 13.6. The van der Waals surface area contributed by atoms with E-state index >= 15 is 0 Å². The van der Waals surface area contributed by atoms with E-state index in [-0.39, 0.29) is 28.2 Å². The highest BCUT2D eigenvalue weighted by Crippen LogP contribution is 2.42. The number of ether oxygens (including phenoxy) is 1. The van der Waals surface area contributed by atoms with E-state index in [2.05, 4.69) is 0 Å². The third-order valence-corrected chi connectivity index (χ3v) is 3.44. The van der Waals surface area contributed by atoms with Crippen LogP contribution in [-0.2, 0) is 12.8 Å². The zero-order chi connectivity index (χ0) is 15.9. The quantitative estimate of drug-likeness (QED) is 0.772. The highest BCUT2D eigenvalue weighted by molar-refractivity contribution is 5.54. The number of halogens is 4. The van der Waals surface area contributed by atoms with Gasteiger partial charge in [0.1, 0.15) is 23.1 Å². The summed E-state index contributed by atoms with van der Waals surface area (Å²) in [6.45, 7) is 0. The molecule has 0 radical (unpaired) electrons. The normalized spacial score (nSPS) is 15.2. The Morgan fingerprint density at radius 1 is 1.00 bits per heavy atom. The molecule has 0 unspecified atom stereocenters. The van der Waals surface area contributed by atoms with Crippen molar-refractivity contribution in [3.8, 4) is 17.6 Å². The molecule has 2 aromatic carbocycles. The highest BCUT2D eigenvalue weighted by Gasteiger charge is 2.40. The Morgan fingerprint density at radius 3 is 2.27 bits per heavy atom. The number of nitrogens with zero attached hydrogens (tertiary/aromatic N) is 1. The molecule has 0 saturated carbocycles. The lowest BCUT2D eigenvalue weighted by Crippen LogP contribution is -2.14. The zero-order valence-corrected chi connectivity index (χ0v) is 11.2. The summed E-state index contributed by atoms with van der Waals surface area (Å²) in [5.74, 6) is -4.66. The summed E-state index contributed by atoms with van der Waals surface area (Å²) in [4.78, 5) is 0. The molecule has 0 aliphatic heterocycles. The number of nitriles is 1. The number of rotatable bonds is 2. The van der Waals surface area contributed by atoms with E-state index < -0.39 is 30.4 Å². The van der Waals surface area contributed by atoms with E-state index in [1.807, 2.05) is 6.07 Å². The van der Waals surface area contributed by atoms with Crippen molar-refractivity contribution >= 4 is 0 Å². The average Bonchev–Trinajstić information content (AvgIpc) is 2.73. The number of hydrogen-bond donors (Lipinski definition) is 0. The Kier molecular flexibility index (Phi) is 3.28. The van der Waals surface area contributed by atoms with Crippen LogP contribution in [0.2, 0.25) is 0 Å². The molecule has 0 N–H and O–H groups in total. The fourth-order valence-corrected chi connectivity index (χ4v) is 2.56. The standard InChI is InChI=1S/C16H9F4NO/c17-10-3-11(18)5-12(4-10)22-15-2-1-9(8-21)13-6-16(19,20)7-14(13)15/h1-5H,6-7H2. The SMILES string of the molecule is N#Cc1ccc(Oc2cc(F)cc(F)c2)c2c1CC(F)(F)C2. The summed E-state index contributed by atoms with van der Waals surface area (Å²) in [5, 5.41) is 8.99. The van der Waals surface area contributed by atoms with Crippen LogP contribution in [0, 0.1) is 23.0 Å². The summed E-state index contributed by atoms with van der Waals surface area (Å²) in [7, 11) is 0. The molecule has 2 aromatic rings. The molecule has 2 nitrogen and oxygen atoms in total. The van der Waals surface area contributed by atoms with Crippen LogP contribution in [0.3, 0.4) is 0 Å². The minimum absolute atomic E-state index is 0.0798. The van der Waals surface area contributed by atoms with Crippen molar-refractivity contribution in [2.24, 2.45) is 0 Å². The molecule has 0 saturated heterocycles. The van der Waals surface area contributed by atoms with Crippen LogP contribution in [0.4, 0.5) is 17.6 Å². The van der Waals surface area contributed by atoms with Gasteiger partial charge in [-0.25, -0.2) is 17.6 Å². The molecule has 0 bridgehead atoms. The van der Waals surface area contributed by atoms with Gasteiger partial charge in [-0.2, -0.15) is 5.26 Å². The lowest BCUT2D eigenvalue weighted by atomic mass is 10.0. The van der Waals surface area contributed by atoms with Gasteiger partial charge in [-0.1, -0.05) is 0 Å². The molecule has 1 aliphatic carbocycles. The molecular formula is C16H9F4NO. The maximum Gasteiger partial charge on any atom is 0.256 e. The van der Waals surface area contributed by atoms with E-state index in [4.69, 9.17) is 10.00 Å². The van der Waals surface area contributed by atoms with Crippen molar-refractivity contribution in [2.45, 2.75) is 18.8 Å². The van der Waals surface area contributed by atoms with Crippen molar-refractivity contribution < 1.29 is 22.3 Å². The first kappa shape index (κ1) is 14.4. The van der Waals surface area contributed by atoms with Gasteiger partial charge in [0, 0.05) is 36.6 Å². The predicted molar refractivity (Wildman–Crippen MR) is 69.9 cm³/mol. The molecule has 112 valence electrons. The van der Waals surface area contributed by atoms with Gasteiger partial charge in [-0.3, -0.25) is 0 Å². The molecule has 0 fully saturated rings. The van der Waals surface area contributed by atoms with Crippen LogP contribution in [0.5, 0.6) is 11.5 Å². The van der Waals surface area contributed by atoms with Gasteiger partial charge in [0.2, 0.25) is 0 Å². The predicted octanol–water partition coefficient (Wildman–Crippen LogP) is 4.36. The minimum atomic E-state index is -2.96. The Hall–Kier alpha value is -2.55. The Balaban J connectivity index is 2.03. The van der Waals surface area contributed by atoms with Crippen LogP contribution in [0.1, 0.15) is 16.7 Å². The first-order chi connectivity index (χ1) is 10.4. The van der Waals surface area contributed by atoms with Crippen LogP contribution >= 0.6 is 0 Å². The van der Waals surface area contributed by atoms with Gasteiger partial charge >= 0.3 is 0 Å². The van der Waals surface area contributed by atoms with Crippen LogP contribution < -0.4 is 4.74 Å². The minimum Gasteiger partial charge on any atom is -0.457 e. The van der Waals surface area contributed by atoms with Crippen molar-refractivity contribution in [1.82, 2.24) is 0 Å². The Labute approximate surface area is 123 Å². The molecule has 0 heterocycles. The summed E-state index contributed by atoms with van der Waals surface area (Å²) in [6, 6.07) is 7.20. The summed E-state index contributed by atoms with van der Waals surface area (Å²) >= 11 is 0. The first-order valence-corrected chi connectivity index (χ1v) is 6.44. The van der Waals surface area contributed by atoms with E-state index in [0.29, 0.717) is 6.07 Å². The van der Waals surface area contributed by atoms with Gasteiger partial charge < -0.3 is 4.74 Å². The third kappa shape index (κ3) is 2.62. The zero-order valence-electron chi connectivity index (χ0n) is 11.2. The number of alkyl halides is 2. The fraction of sp³-hybridized carbons (Fsp3) is 0.188. The fourth-order valence-electron chi connectivity index (χ4n) is 2.56. The lowest BCUT2D eigenvalue weighted by molar-refractivity contribution is 0.0128. The topological polar surface area (TPSA) is 33.0 Å². The van der Waals surface area contributed by atoms with E-state index in [1.165, 1.54) is 12.1 Å². The second-order valence-electron chi connectivity index (χ2n) is 5.10. The number of benzene rings is 2. The average molecular weight is 307 g/mol. The molecule has 0 aromatic heterocycles. The monoisotopic (exact) mass is 307 g/mol. The first-order valence-electron chi connectivity index (χ1n) is 6.44.